The van der Waals surface area contributed by atoms with Gasteiger partial charge in [0.1, 0.15) is 0 Å². The van der Waals surface area contributed by atoms with Gasteiger partial charge in [0.2, 0.25) is 0 Å². The predicted octanol–water partition coefficient (Wildman–Crippen LogP) is 2.59. The lowest BCUT2D eigenvalue weighted by molar-refractivity contribution is -0.146. The molecule has 0 amide bonds. The highest BCUT2D eigenvalue weighted by atomic mass is 16.5. The highest BCUT2D eigenvalue weighted by molar-refractivity contribution is 5.73. The third kappa shape index (κ3) is 5.01. The molecule has 1 saturated carbocycles. The van der Waals surface area contributed by atoms with E-state index >= 15 is 0 Å². The Hall–Kier alpha value is -3.13. The van der Waals surface area contributed by atoms with E-state index in [1.165, 1.54) is 0 Å². The first-order valence-corrected chi connectivity index (χ1v) is 12.2. The molecule has 3 aromatic rings. The normalized spacial score (nSPS) is 17.9. The first kappa shape index (κ1) is 22.7. The Morgan fingerprint density at radius 1 is 1.06 bits per heavy atom. The third-order valence-electron chi connectivity index (χ3n) is 6.85. The summed E-state index contributed by atoms with van der Waals surface area (Å²) in [6.45, 7) is 9.30. The summed E-state index contributed by atoms with van der Waals surface area (Å²) in [6, 6.07) is 13.9. The molecular weight excluding hydrogens is 430 g/mol. The summed E-state index contributed by atoms with van der Waals surface area (Å²) < 4.78 is 8.55. The van der Waals surface area contributed by atoms with Gasteiger partial charge in [-0.3, -0.25) is 14.1 Å². The number of rotatable bonds is 8. The number of hydrogen-bond donors (Lipinski definition) is 0. The number of benzene rings is 1. The fraction of sp³-hybridized carbons (Fsp3) is 0.500. The SMILES string of the molecule is CC(C)OC(=O)Cc1cccc(N2CCN(CC3(Cn4nc5ccccn5c4=O)CC3)CC2)c1. The van der Waals surface area contributed by atoms with E-state index < -0.39 is 0 Å². The van der Waals surface area contributed by atoms with Crippen molar-refractivity contribution in [3.63, 3.8) is 0 Å². The van der Waals surface area contributed by atoms with Gasteiger partial charge in [-0.2, -0.15) is 0 Å². The molecule has 5 rings (SSSR count). The Morgan fingerprint density at radius 3 is 2.56 bits per heavy atom. The molecule has 8 heteroatoms. The average molecular weight is 464 g/mol. The zero-order valence-electron chi connectivity index (χ0n) is 20.0. The maximum Gasteiger partial charge on any atom is 0.350 e. The van der Waals surface area contributed by atoms with Gasteiger partial charge in [0.05, 0.1) is 19.1 Å². The highest BCUT2D eigenvalue weighted by Gasteiger charge is 2.45. The Kier molecular flexibility index (Phi) is 6.16. The molecule has 2 aliphatic rings. The summed E-state index contributed by atoms with van der Waals surface area (Å²) in [5, 5.41) is 4.53. The molecule has 0 N–H and O–H groups in total. The van der Waals surface area contributed by atoms with Gasteiger partial charge in [-0.15, -0.1) is 5.10 Å². The Morgan fingerprint density at radius 2 is 1.85 bits per heavy atom. The number of carbonyl (C=O) groups excluding carboxylic acids is 1. The number of aromatic nitrogens is 3. The number of nitrogens with zero attached hydrogens (tertiary/aromatic N) is 5. The molecule has 1 saturated heterocycles. The molecule has 34 heavy (non-hydrogen) atoms. The Balaban J connectivity index is 1.17. The molecule has 8 nitrogen and oxygen atoms in total. The van der Waals surface area contributed by atoms with Crippen LogP contribution in [0.4, 0.5) is 5.69 Å². The van der Waals surface area contributed by atoms with Gasteiger partial charge in [-0.1, -0.05) is 18.2 Å². The molecular formula is C26H33N5O3. The first-order valence-electron chi connectivity index (χ1n) is 12.2. The number of anilines is 1. The molecule has 0 atom stereocenters. The maximum absolute atomic E-state index is 12.7. The summed E-state index contributed by atoms with van der Waals surface area (Å²) in [5.74, 6) is -0.184. The molecule has 1 aromatic carbocycles. The Bertz CT molecular complexity index is 1220. The van der Waals surface area contributed by atoms with E-state index in [-0.39, 0.29) is 23.2 Å². The molecule has 1 aliphatic heterocycles. The number of ether oxygens (including phenoxy) is 1. The fourth-order valence-electron chi connectivity index (χ4n) is 4.90. The third-order valence-corrected chi connectivity index (χ3v) is 6.85. The minimum absolute atomic E-state index is 0.0520. The van der Waals surface area contributed by atoms with Crippen molar-refractivity contribution in [3.8, 4) is 0 Å². The molecule has 0 spiro atoms. The van der Waals surface area contributed by atoms with Crippen molar-refractivity contribution >= 4 is 17.3 Å². The number of pyridine rings is 1. The van der Waals surface area contributed by atoms with Gasteiger partial charge in [-0.05, 0) is 56.5 Å². The molecule has 180 valence electrons. The minimum atomic E-state index is -0.184. The van der Waals surface area contributed by atoms with Crippen molar-refractivity contribution in [2.24, 2.45) is 5.41 Å². The lowest BCUT2D eigenvalue weighted by atomic mass is 10.1. The predicted molar refractivity (Wildman–Crippen MR) is 131 cm³/mol. The van der Waals surface area contributed by atoms with Crippen LogP contribution in [0.2, 0.25) is 0 Å². The van der Waals surface area contributed by atoms with E-state index in [0.29, 0.717) is 18.6 Å². The van der Waals surface area contributed by atoms with E-state index in [0.717, 1.165) is 56.8 Å². The second-order valence-electron chi connectivity index (χ2n) is 10.0. The molecule has 3 heterocycles. The van der Waals surface area contributed by atoms with E-state index in [4.69, 9.17) is 4.74 Å². The van der Waals surface area contributed by atoms with E-state index in [1.807, 2.05) is 44.2 Å². The summed E-state index contributed by atoms with van der Waals surface area (Å²) in [5.41, 5.74) is 2.95. The van der Waals surface area contributed by atoms with Crippen LogP contribution in [0.5, 0.6) is 0 Å². The van der Waals surface area contributed by atoms with Crippen molar-refractivity contribution in [2.75, 3.05) is 37.6 Å². The van der Waals surface area contributed by atoms with Crippen LogP contribution in [0.15, 0.2) is 53.5 Å². The monoisotopic (exact) mass is 463 g/mol. The van der Waals surface area contributed by atoms with Crippen molar-refractivity contribution in [1.29, 1.82) is 0 Å². The van der Waals surface area contributed by atoms with E-state index in [1.54, 1.807) is 15.3 Å². The van der Waals surface area contributed by atoms with Crippen molar-refractivity contribution in [2.45, 2.75) is 45.8 Å². The van der Waals surface area contributed by atoms with Crippen LogP contribution in [0, 0.1) is 5.41 Å². The molecule has 0 unspecified atom stereocenters. The van der Waals surface area contributed by atoms with Gasteiger partial charge >= 0.3 is 11.7 Å². The number of fused-ring (bicyclic) bond motifs is 1. The van der Waals surface area contributed by atoms with Gasteiger partial charge in [0.15, 0.2) is 5.65 Å². The van der Waals surface area contributed by atoms with Gasteiger partial charge in [-0.25, -0.2) is 9.48 Å². The summed E-state index contributed by atoms with van der Waals surface area (Å²) >= 11 is 0. The van der Waals surface area contributed by atoms with Crippen LogP contribution in [0.25, 0.3) is 5.65 Å². The topological polar surface area (TPSA) is 72.1 Å². The number of hydrogen-bond acceptors (Lipinski definition) is 6. The average Bonchev–Trinajstić information content (AvgIpc) is 3.49. The van der Waals surface area contributed by atoms with Crippen LogP contribution in [-0.4, -0.2) is 63.9 Å². The van der Waals surface area contributed by atoms with Crippen LogP contribution in [0.3, 0.4) is 0 Å². The second kappa shape index (κ2) is 9.25. The minimum Gasteiger partial charge on any atom is -0.463 e. The maximum atomic E-state index is 12.7. The number of esters is 1. The molecule has 1 aliphatic carbocycles. The number of piperazine rings is 1. The van der Waals surface area contributed by atoms with E-state index in [9.17, 15) is 9.59 Å². The van der Waals surface area contributed by atoms with Crippen LogP contribution >= 0.6 is 0 Å². The van der Waals surface area contributed by atoms with E-state index in [2.05, 4.69) is 27.0 Å². The fourth-order valence-corrected chi connectivity index (χ4v) is 4.90. The standard InChI is InChI=1S/C26H33N5O3/c1-20(2)34-24(32)17-21-6-5-7-22(16-21)29-14-12-28(13-15-29)18-26(9-10-26)19-31-25(33)30-11-4-3-8-23(30)27-31/h3-8,11,16,20H,9-10,12-15,17-19H2,1-2H3. The van der Waals surface area contributed by atoms with Crippen molar-refractivity contribution in [3.05, 3.63) is 64.7 Å². The van der Waals surface area contributed by atoms with Crippen molar-refractivity contribution < 1.29 is 9.53 Å². The van der Waals surface area contributed by atoms with Crippen LogP contribution in [0.1, 0.15) is 32.3 Å². The zero-order valence-corrected chi connectivity index (χ0v) is 20.0. The molecule has 2 fully saturated rings. The largest absolute Gasteiger partial charge is 0.463 e. The lowest BCUT2D eigenvalue weighted by Gasteiger charge is -2.38. The van der Waals surface area contributed by atoms with Gasteiger partial charge in [0.25, 0.3) is 0 Å². The highest BCUT2D eigenvalue weighted by Crippen LogP contribution is 2.47. The smallest absolute Gasteiger partial charge is 0.350 e. The second-order valence-corrected chi connectivity index (χ2v) is 10.0. The van der Waals surface area contributed by atoms with Crippen LogP contribution in [-0.2, 0) is 22.5 Å². The van der Waals surface area contributed by atoms with Crippen LogP contribution < -0.4 is 10.6 Å². The lowest BCUT2D eigenvalue weighted by Crippen LogP contribution is -2.48. The zero-order chi connectivity index (χ0) is 23.7. The molecule has 0 bridgehead atoms. The quantitative estimate of drug-likeness (QED) is 0.478. The molecule has 0 radical (unpaired) electrons. The summed E-state index contributed by atoms with van der Waals surface area (Å²) in [4.78, 5) is 29.6. The number of carbonyl (C=O) groups is 1. The molecule has 2 aromatic heterocycles. The van der Waals surface area contributed by atoms with Crippen molar-refractivity contribution in [1.82, 2.24) is 19.1 Å². The van der Waals surface area contributed by atoms with Gasteiger partial charge in [0, 0.05) is 50.0 Å². The summed E-state index contributed by atoms with van der Waals surface area (Å²) in [6.07, 6.45) is 4.27. The first-order chi connectivity index (χ1) is 16.4. The Labute approximate surface area is 199 Å². The summed E-state index contributed by atoms with van der Waals surface area (Å²) in [7, 11) is 0. The van der Waals surface area contributed by atoms with Gasteiger partial charge < -0.3 is 9.64 Å².